The van der Waals surface area contributed by atoms with E-state index in [9.17, 15) is 33.6 Å². The Labute approximate surface area is 165 Å². The third-order valence-electron chi connectivity index (χ3n) is 3.35. The maximum atomic E-state index is 11.9. The molecule has 0 aromatic carbocycles. The average molecular weight is 499 g/mol. The van der Waals surface area contributed by atoms with Gasteiger partial charge in [-0.1, -0.05) is 0 Å². The van der Waals surface area contributed by atoms with Crippen molar-refractivity contribution in [1.82, 2.24) is 9.55 Å². The summed E-state index contributed by atoms with van der Waals surface area (Å²) < 4.78 is 50.8. The van der Waals surface area contributed by atoms with Crippen molar-refractivity contribution in [3.8, 4) is 5.88 Å². The molecule has 0 bridgehead atoms. The number of rotatable bonds is 9. The van der Waals surface area contributed by atoms with Crippen LogP contribution in [0.15, 0.2) is 17.1 Å². The first-order valence-corrected chi connectivity index (χ1v) is 11.9. The molecular formula is C9H16N3O15P3. The molecule has 1 aliphatic rings. The van der Waals surface area contributed by atoms with E-state index in [4.69, 9.17) is 25.3 Å². The fourth-order valence-corrected chi connectivity index (χ4v) is 5.25. The number of aliphatic hydroxyl groups excluding tert-OH is 2. The first-order chi connectivity index (χ1) is 13.6. The average Bonchev–Trinajstić information content (AvgIpc) is 2.85. The molecule has 1 saturated heterocycles. The van der Waals surface area contributed by atoms with Gasteiger partial charge in [0.05, 0.1) is 6.61 Å². The number of hydrogen-bond acceptors (Lipinski definition) is 13. The number of aromatic nitrogens is 2. The molecule has 2 rings (SSSR count). The van der Waals surface area contributed by atoms with Gasteiger partial charge in [-0.15, -0.1) is 0 Å². The summed E-state index contributed by atoms with van der Waals surface area (Å²) in [5.41, 5.74) is -0.997. The van der Waals surface area contributed by atoms with Crippen molar-refractivity contribution in [2.24, 2.45) is 5.90 Å². The van der Waals surface area contributed by atoms with E-state index in [1.165, 1.54) is 0 Å². The van der Waals surface area contributed by atoms with Gasteiger partial charge < -0.3 is 39.4 Å². The minimum atomic E-state index is -5.73. The lowest BCUT2D eigenvalue weighted by atomic mass is 10.1. The zero-order valence-corrected chi connectivity index (χ0v) is 17.0. The molecule has 1 aromatic heterocycles. The molecule has 1 fully saturated rings. The zero-order valence-electron chi connectivity index (χ0n) is 14.3. The molecule has 0 amide bonds. The summed E-state index contributed by atoms with van der Waals surface area (Å²) in [6, 6.07) is 1.13. The van der Waals surface area contributed by atoms with Crippen molar-refractivity contribution in [1.29, 1.82) is 0 Å². The zero-order chi connectivity index (χ0) is 22.9. The normalized spacial score (nSPS) is 28.6. The Kier molecular flexibility index (Phi) is 7.72. The predicted molar refractivity (Wildman–Crippen MR) is 89.1 cm³/mol. The minimum absolute atomic E-state index is 0.256. The summed E-state index contributed by atoms with van der Waals surface area (Å²) >= 11 is 0. The van der Waals surface area contributed by atoms with Crippen molar-refractivity contribution in [3.05, 3.63) is 22.7 Å². The molecule has 0 saturated carbocycles. The van der Waals surface area contributed by atoms with Crippen LogP contribution in [0.4, 0.5) is 0 Å². The number of aliphatic hydroxyl groups is 2. The predicted octanol–water partition coefficient (Wildman–Crippen LogP) is -2.54. The Morgan fingerprint density at radius 2 is 1.73 bits per heavy atom. The van der Waals surface area contributed by atoms with Gasteiger partial charge in [0.25, 0.3) is 0 Å². The summed E-state index contributed by atoms with van der Waals surface area (Å²) in [5.74, 6) is 4.60. The van der Waals surface area contributed by atoms with Gasteiger partial charge in [-0.05, 0) is 0 Å². The van der Waals surface area contributed by atoms with E-state index in [2.05, 4.69) is 23.0 Å². The molecule has 2 heterocycles. The van der Waals surface area contributed by atoms with E-state index in [0.717, 1.165) is 16.8 Å². The van der Waals surface area contributed by atoms with Gasteiger partial charge in [0.1, 0.15) is 18.3 Å². The fourth-order valence-electron chi connectivity index (χ4n) is 2.22. The number of phosphoric acid groups is 3. The van der Waals surface area contributed by atoms with E-state index in [0.29, 0.717) is 0 Å². The standard InChI is InChI=1S/C9H16N3O15P3/c10-25-5-1-2-12(9(15)11-5)8-7(14)6(13)4(24-8)3-23-29(19,20)27-30(21,22)26-28(16,17)18/h1-2,4,6-8,13-14H,3,10H2,(H,19,20)(H,21,22)(H2,16,17,18)/t4-,6?,7?,8-/m1/s1. The summed E-state index contributed by atoms with van der Waals surface area (Å²) in [5, 5.41) is 20.0. The van der Waals surface area contributed by atoms with E-state index < -0.39 is 60.3 Å². The van der Waals surface area contributed by atoms with Crippen molar-refractivity contribution in [2.45, 2.75) is 24.5 Å². The minimum Gasteiger partial charge on any atom is -0.391 e. The SMILES string of the molecule is NOc1ccn([C@@H]2O[C@H](COP(=O)(O)OP(=O)(O)OP(=O)(O)O)C(O)C2O)c(=O)n1. The Hall–Kier alpha value is -1.07. The summed E-state index contributed by atoms with van der Waals surface area (Å²) in [6.45, 7) is -1.04. The third-order valence-corrected chi connectivity index (χ3v) is 7.16. The second-order valence-corrected chi connectivity index (χ2v) is 9.93. The van der Waals surface area contributed by atoms with Gasteiger partial charge in [-0.2, -0.15) is 19.5 Å². The van der Waals surface area contributed by atoms with Crippen LogP contribution in [-0.4, -0.2) is 64.3 Å². The van der Waals surface area contributed by atoms with Crippen LogP contribution in [-0.2, 0) is 31.6 Å². The van der Waals surface area contributed by atoms with E-state index in [1.54, 1.807) is 0 Å². The molecular weight excluding hydrogens is 483 g/mol. The van der Waals surface area contributed by atoms with Gasteiger partial charge in [0.15, 0.2) is 6.23 Å². The van der Waals surface area contributed by atoms with Crippen molar-refractivity contribution < 1.29 is 66.2 Å². The molecule has 0 aliphatic carbocycles. The highest BCUT2D eigenvalue weighted by atomic mass is 31.3. The lowest BCUT2D eigenvalue weighted by Crippen LogP contribution is -2.36. The highest BCUT2D eigenvalue weighted by molar-refractivity contribution is 7.66. The maximum absolute atomic E-state index is 11.9. The number of nitrogens with zero attached hydrogens (tertiary/aromatic N) is 2. The molecule has 1 aromatic rings. The summed E-state index contributed by atoms with van der Waals surface area (Å²) in [6.07, 6.45) is -5.56. The van der Waals surface area contributed by atoms with Crippen molar-refractivity contribution in [3.63, 3.8) is 0 Å². The Morgan fingerprint density at radius 3 is 2.27 bits per heavy atom. The number of phosphoric ester groups is 1. The highest BCUT2D eigenvalue weighted by Gasteiger charge is 2.46. The van der Waals surface area contributed by atoms with E-state index in [1.807, 2.05) is 0 Å². The molecule has 4 unspecified atom stereocenters. The maximum Gasteiger partial charge on any atom is 0.490 e. The summed E-state index contributed by atoms with van der Waals surface area (Å²) in [7, 11) is -16.8. The van der Waals surface area contributed by atoms with E-state index >= 15 is 0 Å². The lowest BCUT2D eigenvalue weighted by Gasteiger charge is -2.19. The van der Waals surface area contributed by atoms with Crippen LogP contribution >= 0.6 is 23.5 Å². The van der Waals surface area contributed by atoms with Gasteiger partial charge in [0, 0.05) is 12.3 Å². The van der Waals surface area contributed by atoms with E-state index in [-0.39, 0.29) is 5.88 Å². The summed E-state index contributed by atoms with van der Waals surface area (Å²) in [4.78, 5) is 54.9. The van der Waals surface area contributed by atoms with Gasteiger partial charge in [-0.3, -0.25) is 9.09 Å². The Morgan fingerprint density at radius 1 is 1.10 bits per heavy atom. The van der Waals surface area contributed by atoms with Crippen LogP contribution in [0.2, 0.25) is 0 Å². The largest absolute Gasteiger partial charge is 0.490 e. The molecule has 0 spiro atoms. The smallest absolute Gasteiger partial charge is 0.391 e. The second-order valence-electron chi connectivity index (χ2n) is 5.51. The fraction of sp³-hybridized carbons (Fsp3) is 0.556. The molecule has 6 atom stereocenters. The van der Waals surface area contributed by atoms with Crippen molar-refractivity contribution in [2.75, 3.05) is 6.61 Å². The Balaban J connectivity index is 2.06. The van der Waals surface area contributed by atoms with Crippen LogP contribution < -0.4 is 16.4 Å². The van der Waals surface area contributed by atoms with Crippen LogP contribution in [0.3, 0.4) is 0 Å². The monoisotopic (exact) mass is 499 g/mol. The topological polar surface area (TPSA) is 280 Å². The van der Waals surface area contributed by atoms with Gasteiger partial charge in [0.2, 0.25) is 5.88 Å². The Bertz CT molecular complexity index is 962. The van der Waals surface area contributed by atoms with Crippen molar-refractivity contribution >= 4 is 23.5 Å². The van der Waals surface area contributed by atoms with Crippen LogP contribution in [0, 0.1) is 0 Å². The lowest BCUT2D eigenvalue weighted by molar-refractivity contribution is -0.0543. The number of nitrogens with two attached hydrogens (primary N) is 1. The molecule has 8 N–H and O–H groups in total. The molecule has 1 aliphatic heterocycles. The van der Waals surface area contributed by atoms with Crippen LogP contribution in [0.5, 0.6) is 5.88 Å². The van der Waals surface area contributed by atoms with Gasteiger partial charge in [-0.25, -0.2) is 18.5 Å². The molecule has 21 heteroatoms. The number of ether oxygens (including phenoxy) is 1. The third kappa shape index (κ3) is 6.71. The second kappa shape index (κ2) is 9.20. The van der Waals surface area contributed by atoms with Crippen LogP contribution in [0.1, 0.15) is 6.23 Å². The van der Waals surface area contributed by atoms with Crippen LogP contribution in [0.25, 0.3) is 0 Å². The van der Waals surface area contributed by atoms with Gasteiger partial charge >= 0.3 is 29.2 Å². The molecule has 172 valence electrons. The number of hydrogen-bond donors (Lipinski definition) is 7. The quantitative estimate of drug-likeness (QED) is 0.136. The first-order valence-electron chi connectivity index (χ1n) is 7.40. The molecule has 0 radical (unpaired) electrons. The highest BCUT2D eigenvalue weighted by Crippen LogP contribution is 2.66. The first kappa shape index (κ1) is 25.2. The molecule has 30 heavy (non-hydrogen) atoms. The molecule has 18 nitrogen and oxygen atoms in total.